The van der Waals surface area contributed by atoms with Gasteiger partial charge in [-0.05, 0) is 25.1 Å². The number of thiophene rings is 1. The summed E-state index contributed by atoms with van der Waals surface area (Å²) in [6.45, 7) is 1.46. The molecule has 0 fully saturated rings. The predicted octanol–water partition coefficient (Wildman–Crippen LogP) is 5.54. The minimum absolute atomic E-state index is 0.0635. The van der Waals surface area contributed by atoms with E-state index < -0.39 is 0 Å². The summed E-state index contributed by atoms with van der Waals surface area (Å²) in [6, 6.07) is 14.6. The number of carbonyl (C=O) groups excluding carboxylic acids is 2. The van der Waals surface area contributed by atoms with Crippen molar-refractivity contribution >= 4 is 62.2 Å². The lowest BCUT2D eigenvalue weighted by Gasteiger charge is -2.07. The average Bonchev–Trinajstić information content (AvgIpc) is 3.31. The summed E-state index contributed by atoms with van der Waals surface area (Å²) in [5.74, 6) is -0.00622. The zero-order chi connectivity index (χ0) is 20.4. The van der Waals surface area contributed by atoms with Crippen LogP contribution in [0.3, 0.4) is 0 Å². The van der Waals surface area contributed by atoms with E-state index in [2.05, 4.69) is 15.5 Å². The van der Waals surface area contributed by atoms with Crippen molar-refractivity contribution in [1.29, 1.82) is 0 Å². The molecule has 0 atom stereocenters. The highest BCUT2D eigenvalue weighted by atomic mass is 35.5. The van der Waals surface area contributed by atoms with Crippen molar-refractivity contribution in [2.24, 2.45) is 0 Å². The molecule has 1 N–H and O–H groups in total. The maximum Gasteiger partial charge on any atom is 0.277 e. The highest BCUT2D eigenvalue weighted by Crippen LogP contribution is 2.41. The molecule has 29 heavy (non-hydrogen) atoms. The molecule has 0 saturated carbocycles. The Morgan fingerprint density at radius 2 is 1.90 bits per heavy atom. The molecule has 0 unspecified atom stereocenters. The number of ketones is 1. The van der Waals surface area contributed by atoms with E-state index in [4.69, 9.17) is 16.0 Å². The second-order valence-corrected chi connectivity index (χ2v) is 8.41. The fraction of sp³-hybridized carbons (Fsp3) is 0.100. The quantitative estimate of drug-likeness (QED) is 0.311. The number of fused-ring (bicyclic) bond motifs is 1. The first kappa shape index (κ1) is 19.6. The minimum Gasteiger partial charge on any atom is -0.410 e. The summed E-state index contributed by atoms with van der Waals surface area (Å²) >= 11 is 9.03. The Kier molecular flexibility index (Phi) is 5.66. The molecule has 0 aliphatic heterocycles. The van der Waals surface area contributed by atoms with Gasteiger partial charge in [-0.15, -0.1) is 21.5 Å². The van der Waals surface area contributed by atoms with Crippen LogP contribution in [0.1, 0.15) is 17.3 Å². The first-order chi connectivity index (χ1) is 14.0. The van der Waals surface area contributed by atoms with Crippen LogP contribution in [0, 0.1) is 0 Å². The van der Waals surface area contributed by atoms with Crippen LogP contribution in [0.25, 0.3) is 20.9 Å². The Labute approximate surface area is 179 Å². The Morgan fingerprint density at radius 1 is 1.14 bits per heavy atom. The fourth-order valence-electron chi connectivity index (χ4n) is 2.72. The molecule has 1 amide bonds. The van der Waals surface area contributed by atoms with Crippen LogP contribution >= 0.6 is 34.7 Å². The van der Waals surface area contributed by atoms with Gasteiger partial charge in [-0.3, -0.25) is 9.59 Å². The number of nitrogens with one attached hydrogen (secondary N) is 1. The summed E-state index contributed by atoms with van der Waals surface area (Å²) in [4.78, 5) is 24.6. The second kappa shape index (κ2) is 8.36. The van der Waals surface area contributed by atoms with E-state index in [1.807, 2.05) is 24.3 Å². The Balaban J connectivity index is 1.44. The highest BCUT2D eigenvalue weighted by Gasteiger charge is 2.18. The van der Waals surface area contributed by atoms with Crippen molar-refractivity contribution in [2.75, 3.05) is 11.1 Å². The molecule has 146 valence electrons. The Hall–Kier alpha value is -2.68. The van der Waals surface area contributed by atoms with Crippen LogP contribution < -0.4 is 5.32 Å². The van der Waals surface area contributed by atoms with Crippen molar-refractivity contribution in [1.82, 2.24) is 10.2 Å². The number of thioether (sulfide) groups is 1. The van der Waals surface area contributed by atoms with E-state index in [1.54, 1.807) is 24.3 Å². The van der Waals surface area contributed by atoms with E-state index in [-0.39, 0.29) is 22.7 Å². The zero-order valence-corrected chi connectivity index (χ0v) is 17.5. The molecule has 2 heterocycles. The molecule has 2 aromatic heterocycles. The van der Waals surface area contributed by atoms with Gasteiger partial charge in [0.1, 0.15) is 4.88 Å². The number of hydrogen-bond donors (Lipinski definition) is 1. The third-order valence-corrected chi connectivity index (χ3v) is 6.52. The van der Waals surface area contributed by atoms with E-state index >= 15 is 0 Å². The first-order valence-electron chi connectivity index (χ1n) is 8.56. The number of amides is 1. The number of rotatable bonds is 6. The lowest BCUT2D eigenvalue weighted by molar-refractivity contribution is -0.113. The maximum atomic E-state index is 12.3. The predicted molar refractivity (Wildman–Crippen MR) is 116 cm³/mol. The number of para-hydroxylation sites is 1. The normalized spacial score (nSPS) is 11.0. The molecule has 6 nitrogen and oxygen atoms in total. The summed E-state index contributed by atoms with van der Waals surface area (Å²) < 4.78 is 6.71. The fourth-order valence-corrected chi connectivity index (χ4v) is 4.72. The topological polar surface area (TPSA) is 85.1 Å². The summed E-state index contributed by atoms with van der Waals surface area (Å²) in [6.07, 6.45) is 0. The molecule has 0 saturated heterocycles. The Bertz CT molecular complexity index is 1220. The molecule has 4 rings (SSSR count). The van der Waals surface area contributed by atoms with Gasteiger partial charge in [-0.2, -0.15) is 0 Å². The van der Waals surface area contributed by atoms with Gasteiger partial charge in [0, 0.05) is 15.6 Å². The molecule has 4 aromatic rings. The van der Waals surface area contributed by atoms with Gasteiger partial charge in [-0.25, -0.2) is 0 Å². The molecule has 0 aliphatic rings. The largest absolute Gasteiger partial charge is 0.410 e. The molecule has 0 spiro atoms. The molecule has 0 bridgehead atoms. The van der Waals surface area contributed by atoms with Crippen LogP contribution in [0.2, 0.25) is 5.02 Å². The van der Waals surface area contributed by atoms with Gasteiger partial charge >= 0.3 is 0 Å². The van der Waals surface area contributed by atoms with E-state index in [9.17, 15) is 9.59 Å². The molecule has 9 heteroatoms. The summed E-state index contributed by atoms with van der Waals surface area (Å²) in [5.41, 5.74) is 0.944. The van der Waals surface area contributed by atoms with Crippen LogP contribution in [0.5, 0.6) is 0 Å². The van der Waals surface area contributed by atoms with Gasteiger partial charge in [-0.1, -0.05) is 53.7 Å². The summed E-state index contributed by atoms with van der Waals surface area (Å²) in [7, 11) is 0. The SMILES string of the molecule is CC(=O)c1ccccc1NC(=O)CSc1nnc(-c2sc3ccccc3c2Cl)o1. The first-order valence-corrected chi connectivity index (χ1v) is 10.7. The van der Waals surface area contributed by atoms with Crippen molar-refractivity contribution in [2.45, 2.75) is 12.1 Å². The third-order valence-electron chi connectivity index (χ3n) is 4.04. The number of aromatic nitrogens is 2. The van der Waals surface area contributed by atoms with Gasteiger partial charge in [0.15, 0.2) is 5.78 Å². The van der Waals surface area contributed by atoms with Crippen LogP contribution in [0.15, 0.2) is 58.2 Å². The van der Waals surface area contributed by atoms with Crippen molar-refractivity contribution in [3.63, 3.8) is 0 Å². The van der Waals surface area contributed by atoms with Crippen molar-refractivity contribution in [3.05, 3.63) is 59.1 Å². The lowest BCUT2D eigenvalue weighted by Crippen LogP contribution is -2.16. The average molecular weight is 444 g/mol. The minimum atomic E-state index is -0.275. The number of anilines is 1. The maximum absolute atomic E-state index is 12.3. The third kappa shape index (κ3) is 4.19. The number of Topliss-reactive ketones (excluding diaryl/α,β-unsaturated/α-hetero) is 1. The zero-order valence-electron chi connectivity index (χ0n) is 15.1. The number of carbonyl (C=O) groups is 2. The van der Waals surface area contributed by atoms with Gasteiger partial charge in [0.25, 0.3) is 11.1 Å². The molecular weight excluding hydrogens is 430 g/mol. The van der Waals surface area contributed by atoms with Crippen molar-refractivity contribution in [3.8, 4) is 10.8 Å². The second-order valence-electron chi connectivity index (χ2n) is 6.05. The molecular formula is C20H14ClN3O3S2. The molecule has 0 radical (unpaired) electrons. The van der Waals surface area contributed by atoms with Gasteiger partial charge in [0.05, 0.1) is 16.5 Å². The van der Waals surface area contributed by atoms with Gasteiger partial charge in [0.2, 0.25) is 5.91 Å². The van der Waals surface area contributed by atoms with Gasteiger partial charge < -0.3 is 9.73 Å². The van der Waals surface area contributed by atoms with Crippen LogP contribution in [0.4, 0.5) is 5.69 Å². The van der Waals surface area contributed by atoms with Crippen LogP contribution in [-0.4, -0.2) is 27.6 Å². The Morgan fingerprint density at radius 3 is 2.69 bits per heavy atom. The highest BCUT2D eigenvalue weighted by molar-refractivity contribution is 7.99. The number of hydrogen-bond acceptors (Lipinski definition) is 7. The smallest absolute Gasteiger partial charge is 0.277 e. The van der Waals surface area contributed by atoms with Crippen molar-refractivity contribution < 1.29 is 14.0 Å². The standard InChI is InChI=1S/C20H14ClN3O3S2/c1-11(25)12-6-2-4-8-14(12)22-16(26)10-28-20-24-23-19(27-20)18-17(21)13-7-3-5-9-15(13)29-18/h2-9H,10H2,1H3,(H,22,26). The number of nitrogens with zero attached hydrogens (tertiary/aromatic N) is 2. The summed E-state index contributed by atoms with van der Waals surface area (Å²) in [5, 5.41) is 12.6. The molecule has 2 aromatic carbocycles. The monoisotopic (exact) mass is 443 g/mol. The number of benzene rings is 2. The number of halogens is 1. The van der Waals surface area contributed by atoms with E-state index in [1.165, 1.54) is 18.3 Å². The van der Waals surface area contributed by atoms with E-state index in [0.29, 0.717) is 27.0 Å². The van der Waals surface area contributed by atoms with E-state index in [0.717, 1.165) is 21.8 Å². The van der Waals surface area contributed by atoms with Crippen LogP contribution in [-0.2, 0) is 4.79 Å². The lowest BCUT2D eigenvalue weighted by atomic mass is 10.1. The molecule has 0 aliphatic carbocycles.